The van der Waals surface area contributed by atoms with Crippen LogP contribution >= 0.6 is 0 Å². The molecule has 0 aromatic rings. The Labute approximate surface area is 179 Å². The highest BCUT2D eigenvalue weighted by atomic mass is 28.4. The minimum Gasteiger partial charge on any atom is -0.394 e. The predicted molar refractivity (Wildman–Crippen MR) is 128 cm³/mol. The normalized spacial score (nSPS) is 13.4. The number of unbranched alkanes of at least 4 members (excludes halogenated alkanes) is 8. The molecule has 2 nitrogen and oxygen atoms in total. The molecule has 3 heteroatoms. The molecule has 0 N–H and O–H groups in total. The van der Waals surface area contributed by atoms with E-state index in [1.165, 1.54) is 83.5 Å². The first kappa shape index (κ1) is 28.1. The molecule has 0 aliphatic carbocycles. The predicted octanol–water partition coefficient (Wildman–Crippen LogP) is 9.03. The quantitative estimate of drug-likeness (QED) is 0.138. The molecule has 0 aromatic carbocycles. The second-order valence-electron chi connectivity index (χ2n) is 8.70. The van der Waals surface area contributed by atoms with E-state index in [-0.39, 0.29) is 0 Å². The molecule has 0 saturated carbocycles. The summed E-state index contributed by atoms with van der Waals surface area (Å²) in [6.45, 7) is 14.7. The maximum Gasteiger partial charge on any atom is 0.337 e. The fourth-order valence-electron chi connectivity index (χ4n) is 4.09. The van der Waals surface area contributed by atoms with Crippen molar-refractivity contribution >= 4 is 8.56 Å². The Kier molecular flexibility index (Phi) is 19.2. The molecule has 0 fully saturated rings. The van der Waals surface area contributed by atoms with Crippen molar-refractivity contribution in [1.82, 2.24) is 0 Å². The van der Waals surface area contributed by atoms with Crippen LogP contribution in [0.1, 0.15) is 131 Å². The molecule has 0 spiro atoms. The van der Waals surface area contributed by atoms with Crippen LogP contribution in [0.25, 0.3) is 0 Å². The Bertz CT molecular complexity index is 314. The molecule has 0 bridgehead atoms. The minimum absolute atomic E-state index is 0.398. The average Bonchev–Trinajstić information content (AvgIpc) is 2.73. The van der Waals surface area contributed by atoms with Crippen molar-refractivity contribution in [1.29, 1.82) is 0 Å². The number of hydrogen-bond acceptors (Lipinski definition) is 2. The lowest BCUT2D eigenvalue weighted by atomic mass is 9.95. The second kappa shape index (κ2) is 19.1. The zero-order chi connectivity index (χ0) is 21.1. The van der Waals surface area contributed by atoms with Crippen molar-refractivity contribution in [3.8, 4) is 0 Å². The SMILES string of the molecule is CCCCCCCCCCCO[Si](CC)(CC)OC(CC)CCC(CC)CC. The standard InChI is InChI=1S/C25H54O2Si/c1-7-13-14-15-16-17-18-19-20-23-26-28(11-5,12-6)27-25(10-4)22-21-24(8-2)9-3/h24-25H,7-23H2,1-6H3. The van der Waals surface area contributed by atoms with Gasteiger partial charge in [0.25, 0.3) is 0 Å². The van der Waals surface area contributed by atoms with E-state index < -0.39 is 8.56 Å². The van der Waals surface area contributed by atoms with Gasteiger partial charge in [0.15, 0.2) is 0 Å². The molecule has 0 aliphatic heterocycles. The van der Waals surface area contributed by atoms with Gasteiger partial charge < -0.3 is 8.85 Å². The third kappa shape index (κ3) is 13.4. The van der Waals surface area contributed by atoms with Crippen LogP contribution in [-0.2, 0) is 8.85 Å². The smallest absolute Gasteiger partial charge is 0.337 e. The van der Waals surface area contributed by atoms with Gasteiger partial charge in [-0.1, -0.05) is 106 Å². The van der Waals surface area contributed by atoms with Gasteiger partial charge in [-0.3, -0.25) is 0 Å². The van der Waals surface area contributed by atoms with Crippen LogP contribution in [-0.4, -0.2) is 21.3 Å². The molecule has 0 heterocycles. The molecule has 0 radical (unpaired) electrons. The van der Waals surface area contributed by atoms with Gasteiger partial charge in [-0.25, -0.2) is 0 Å². The number of hydrogen-bond donors (Lipinski definition) is 0. The van der Waals surface area contributed by atoms with E-state index >= 15 is 0 Å². The van der Waals surface area contributed by atoms with Gasteiger partial charge in [0, 0.05) is 12.7 Å². The molecule has 0 aromatic heterocycles. The molecule has 1 unspecified atom stereocenters. The Hall–Kier alpha value is 0.137. The van der Waals surface area contributed by atoms with E-state index in [0.717, 1.165) is 31.0 Å². The zero-order valence-corrected chi connectivity index (χ0v) is 21.5. The molecule has 28 heavy (non-hydrogen) atoms. The van der Waals surface area contributed by atoms with Crippen molar-refractivity contribution in [2.24, 2.45) is 5.92 Å². The molecule has 0 aliphatic rings. The maximum absolute atomic E-state index is 6.72. The first-order chi connectivity index (χ1) is 13.6. The first-order valence-corrected chi connectivity index (χ1v) is 15.2. The summed E-state index contributed by atoms with van der Waals surface area (Å²) in [6.07, 6.45) is 18.9. The third-order valence-corrected chi connectivity index (χ3v) is 10.2. The Balaban J connectivity index is 4.14. The van der Waals surface area contributed by atoms with Gasteiger partial charge in [0.05, 0.1) is 0 Å². The monoisotopic (exact) mass is 414 g/mol. The Morgan fingerprint density at radius 3 is 1.61 bits per heavy atom. The number of rotatable bonds is 21. The van der Waals surface area contributed by atoms with Crippen molar-refractivity contribution in [3.63, 3.8) is 0 Å². The summed E-state index contributed by atoms with van der Waals surface area (Å²) in [6, 6.07) is 2.17. The highest BCUT2D eigenvalue weighted by molar-refractivity contribution is 6.67. The molecule has 0 amide bonds. The summed E-state index contributed by atoms with van der Waals surface area (Å²) < 4.78 is 13.2. The Morgan fingerprint density at radius 1 is 0.607 bits per heavy atom. The molecular weight excluding hydrogens is 360 g/mol. The lowest BCUT2D eigenvalue weighted by molar-refractivity contribution is 0.0971. The zero-order valence-electron chi connectivity index (χ0n) is 20.5. The van der Waals surface area contributed by atoms with Crippen LogP contribution in [0.2, 0.25) is 12.1 Å². The lowest BCUT2D eigenvalue weighted by Gasteiger charge is -2.33. The van der Waals surface area contributed by atoms with Crippen LogP contribution in [0.5, 0.6) is 0 Å². The van der Waals surface area contributed by atoms with Crippen LogP contribution in [0, 0.1) is 5.92 Å². The lowest BCUT2D eigenvalue weighted by Crippen LogP contribution is -2.44. The van der Waals surface area contributed by atoms with Crippen LogP contribution < -0.4 is 0 Å². The van der Waals surface area contributed by atoms with Crippen molar-refractivity contribution < 1.29 is 8.85 Å². The minimum atomic E-state index is -2.01. The molecule has 0 rings (SSSR count). The average molecular weight is 415 g/mol. The first-order valence-electron chi connectivity index (χ1n) is 12.9. The van der Waals surface area contributed by atoms with Gasteiger partial charge in [0.2, 0.25) is 0 Å². The van der Waals surface area contributed by atoms with E-state index in [1.807, 2.05) is 0 Å². The van der Waals surface area contributed by atoms with Gasteiger partial charge >= 0.3 is 8.56 Å². The van der Waals surface area contributed by atoms with Crippen LogP contribution in [0.3, 0.4) is 0 Å². The van der Waals surface area contributed by atoms with Crippen molar-refractivity contribution in [2.75, 3.05) is 6.61 Å². The summed E-state index contributed by atoms with van der Waals surface area (Å²) in [5.74, 6) is 0.861. The van der Waals surface area contributed by atoms with Gasteiger partial charge in [-0.15, -0.1) is 0 Å². The summed E-state index contributed by atoms with van der Waals surface area (Å²) in [4.78, 5) is 0. The van der Waals surface area contributed by atoms with Crippen molar-refractivity contribution in [2.45, 2.75) is 150 Å². The van der Waals surface area contributed by atoms with Crippen molar-refractivity contribution in [3.05, 3.63) is 0 Å². The topological polar surface area (TPSA) is 18.5 Å². The highest BCUT2D eigenvalue weighted by Gasteiger charge is 2.35. The Morgan fingerprint density at radius 2 is 1.14 bits per heavy atom. The third-order valence-electron chi connectivity index (χ3n) is 6.58. The largest absolute Gasteiger partial charge is 0.394 e. The van der Waals surface area contributed by atoms with E-state index in [2.05, 4.69) is 41.5 Å². The van der Waals surface area contributed by atoms with E-state index in [4.69, 9.17) is 8.85 Å². The fraction of sp³-hybridized carbons (Fsp3) is 1.00. The molecule has 1 atom stereocenters. The van der Waals surface area contributed by atoms with E-state index in [1.54, 1.807) is 0 Å². The summed E-state index contributed by atoms with van der Waals surface area (Å²) in [7, 11) is -2.01. The molecular formula is C25H54O2Si. The van der Waals surface area contributed by atoms with E-state index in [9.17, 15) is 0 Å². The summed E-state index contributed by atoms with van der Waals surface area (Å²) in [5.41, 5.74) is 0. The summed E-state index contributed by atoms with van der Waals surface area (Å²) >= 11 is 0. The fourth-order valence-corrected chi connectivity index (χ4v) is 6.81. The van der Waals surface area contributed by atoms with E-state index in [0.29, 0.717) is 6.10 Å². The highest BCUT2D eigenvalue weighted by Crippen LogP contribution is 2.26. The molecule has 170 valence electrons. The van der Waals surface area contributed by atoms with Gasteiger partial charge in [0.1, 0.15) is 0 Å². The second-order valence-corrected chi connectivity index (χ2v) is 12.5. The van der Waals surface area contributed by atoms with Gasteiger partial charge in [-0.2, -0.15) is 0 Å². The summed E-state index contributed by atoms with van der Waals surface area (Å²) in [5, 5.41) is 0. The van der Waals surface area contributed by atoms with Gasteiger partial charge in [-0.05, 0) is 43.7 Å². The van der Waals surface area contributed by atoms with Crippen LogP contribution in [0.15, 0.2) is 0 Å². The molecule has 0 saturated heterocycles. The maximum atomic E-state index is 6.72. The van der Waals surface area contributed by atoms with Crippen LogP contribution in [0.4, 0.5) is 0 Å².